The van der Waals surface area contributed by atoms with Gasteiger partial charge in [0.1, 0.15) is 17.6 Å². The predicted molar refractivity (Wildman–Crippen MR) is 94.4 cm³/mol. The number of aryl methyl sites for hydroxylation is 1. The second kappa shape index (κ2) is 8.02. The Balaban J connectivity index is 1.83. The second-order valence-electron chi connectivity index (χ2n) is 6.05. The van der Waals surface area contributed by atoms with Crippen LogP contribution in [-0.4, -0.2) is 33.1 Å². The summed E-state index contributed by atoms with van der Waals surface area (Å²) in [4.78, 5) is 11.9. The molecule has 0 aliphatic rings. The fraction of sp³-hybridized carbons (Fsp3) is 0.294. The van der Waals surface area contributed by atoms with Crippen molar-refractivity contribution < 1.29 is 30.8 Å². The number of hydrogen-bond acceptors (Lipinski definition) is 7. The van der Waals surface area contributed by atoms with E-state index in [0.717, 1.165) is 24.0 Å². The highest BCUT2D eigenvalue weighted by Gasteiger charge is 2.58. The van der Waals surface area contributed by atoms with E-state index >= 15 is 0 Å². The fourth-order valence-electron chi connectivity index (χ4n) is 2.71. The molecule has 0 fully saturated rings. The van der Waals surface area contributed by atoms with Crippen molar-refractivity contribution in [3.63, 3.8) is 0 Å². The largest absolute Gasteiger partial charge is 0.462 e. The van der Waals surface area contributed by atoms with E-state index in [-0.39, 0.29) is 39.8 Å². The second-order valence-corrected chi connectivity index (χ2v) is 7.11. The van der Waals surface area contributed by atoms with E-state index in [9.17, 15) is 26.3 Å². The van der Waals surface area contributed by atoms with Gasteiger partial charge in [-0.1, -0.05) is 11.8 Å². The molecule has 13 heteroatoms. The Kier molecular flexibility index (Phi) is 5.80. The molecular weight excluding hydrogens is 436 g/mol. The van der Waals surface area contributed by atoms with Gasteiger partial charge in [-0.2, -0.15) is 31.6 Å². The van der Waals surface area contributed by atoms with E-state index in [0.29, 0.717) is 12.0 Å². The molecule has 3 aromatic rings. The first kappa shape index (κ1) is 21.7. The van der Waals surface area contributed by atoms with Crippen molar-refractivity contribution in [2.45, 2.75) is 29.8 Å². The van der Waals surface area contributed by atoms with Gasteiger partial charge in [0, 0.05) is 28.5 Å². The Morgan fingerprint density at radius 2 is 1.83 bits per heavy atom. The number of anilines is 1. The third kappa shape index (κ3) is 4.76. The molecule has 30 heavy (non-hydrogen) atoms. The van der Waals surface area contributed by atoms with Gasteiger partial charge in [0.15, 0.2) is 16.7 Å². The molecule has 3 heterocycles. The lowest BCUT2D eigenvalue weighted by Crippen LogP contribution is -2.33. The molecule has 0 saturated heterocycles. The average Bonchev–Trinajstić information content (AvgIpc) is 3.01. The van der Waals surface area contributed by atoms with Gasteiger partial charge in [-0.15, -0.1) is 0 Å². The molecule has 3 aromatic heterocycles. The van der Waals surface area contributed by atoms with Crippen molar-refractivity contribution in [1.82, 2.24) is 15.0 Å². The van der Waals surface area contributed by atoms with Crippen LogP contribution in [0.3, 0.4) is 0 Å². The van der Waals surface area contributed by atoms with Crippen LogP contribution in [0.5, 0.6) is 0 Å². The topological polar surface area (TPSA) is 102 Å². The number of nitrogen functional groups attached to an aromatic ring is 1. The van der Waals surface area contributed by atoms with Gasteiger partial charge in [0.05, 0.1) is 12.5 Å². The summed E-state index contributed by atoms with van der Waals surface area (Å²) in [6.07, 6.45) is -9.34. The summed E-state index contributed by atoms with van der Waals surface area (Å²) in [5.41, 5.74) is 4.69. The summed E-state index contributed by atoms with van der Waals surface area (Å²) < 4.78 is 83.2. The minimum atomic E-state index is -5.53. The van der Waals surface area contributed by atoms with Crippen LogP contribution in [0.15, 0.2) is 34.2 Å². The number of nitriles is 1. The Hall–Kier alpha value is -3.01. The number of aromatic nitrogens is 3. The number of nitrogens with zero attached hydrogens (tertiary/aromatic N) is 4. The van der Waals surface area contributed by atoms with Gasteiger partial charge in [-0.05, 0) is 12.5 Å². The SMILES string of the molecule is N#Cc1cc(N)nc(SCCc2cc3c(C(C(F)(F)F)C(F)(F)F)coc3cn2)n1. The van der Waals surface area contributed by atoms with Crippen LogP contribution < -0.4 is 5.73 Å². The third-order valence-corrected chi connectivity index (χ3v) is 4.79. The van der Waals surface area contributed by atoms with Crippen LogP contribution in [-0.2, 0) is 6.42 Å². The number of fused-ring (bicyclic) bond motifs is 1. The van der Waals surface area contributed by atoms with E-state index in [1.807, 2.05) is 6.07 Å². The van der Waals surface area contributed by atoms with Crippen molar-refractivity contribution in [1.29, 1.82) is 5.26 Å². The molecule has 0 aliphatic carbocycles. The molecule has 0 saturated carbocycles. The molecule has 158 valence electrons. The quantitative estimate of drug-likeness (QED) is 0.346. The van der Waals surface area contributed by atoms with Crippen LogP contribution >= 0.6 is 11.8 Å². The summed E-state index contributed by atoms with van der Waals surface area (Å²) in [5.74, 6) is -3.28. The van der Waals surface area contributed by atoms with Gasteiger partial charge >= 0.3 is 12.4 Å². The summed E-state index contributed by atoms with van der Waals surface area (Å²) in [6, 6.07) is 4.25. The van der Waals surface area contributed by atoms with Gasteiger partial charge in [0.25, 0.3) is 0 Å². The number of thioether (sulfide) groups is 1. The molecule has 0 aromatic carbocycles. The zero-order valence-corrected chi connectivity index (χ0v) is 15.6. The van der Waals surface area contributed by atoms with Gasteiger partial charge in [-0.25, -0.2) is 9.97 Å². The van der Waals surface area contributed by atoms with Crippen LogP contribution in [0.25, 0.3) is 11.0 Å². The lowest BCUT2D eigenvalue weighted by atomic mass is 9.97. The van der Waals surface area contributed by atoms with Crippen LogP contribution in [0.4, 0.5) is 32.2 Å². The molecule has 0 amide bonds. The summed E-state index contributed by atoms with van der Waals surface area (Å²) in [7, 11) is 0. The maximum atomic E-state index is 13.1. The number of furan rings is 1. The minimum Gasteiger partial charge on any atom is -0.462 e. The van der Waals surface area contributed by atoms with E-state index in [4.69, 9.17) is 15.4 Å². The fourth-order valence-corrected chi connectivity index (χ4v) is 3.53. The molecular formula is C17H11F6N5OS. The maximum absolute atomic E-state index is 13.1. The van der Waals surface area contributed by atoms with E-state index in [1.165, 1.54) is 6.07 Å². The predicted octanol–water partition coefficient (Wildman–Crippen LogP) is 4.61. The lowest BCUT2D eigenvalue weighted by molar-refractivity contribution is -0.253. The normalized spacial score (nSPS) is 12.5. The molecule has 0 aliphatic heterocycles. The maximum Gasteiger partial charge on any atom is 0.404 e. The number of pyridine rings is 1. The first-order valence-corrected chi connectivity index (χ1v) is 9.14. The molecule has 0 unspecified atom stereocenters. The molecule has 0 atom stereocenters. The van der Waals surface area contributed by atoms with Crippen molar-refractivity contribution in [2.75, 3.05) is 11.5 Å². The van der Waals surface area contributed by atoms with E-state index in [2.05, 4.69) is 15.0 Å². The average molecular weight is 447 g/mol. The Morgan fingerprint density at radius 3 is 2.47 bits per heavy atom. The van der Waals surface area contributed by atoms with Crippen molar-refractivity contribution in [3.05, 3.63) is 41.5 Å². The first-order chi connectivity index (χ1) is 14.0. The number of rotatable bonds is 5. The lowest BCUT2D eigenvalue weighted by Gasteiger charge is -2.22. The zero-order chi connectivity index (χ0) is 22.1. The molecule has 0 spiro atoms. The highest BCUT2D eigenvalue weighted by molar-refractivity contribution is 7.99. The van der Waals surface area contributed by atoms with Crippen molar-refractivity contribution >= 4 is 28.5 Å². The number of halogens is 6. The van der Waals surface area contributed by atoms with Crippen LogP contribution in [0, 0.1) is 11.3 Å². The summed E-state index contributed by atoms with van der Waals surface area (Å²) >= 11 is 1.11. The smallest absolute Gasteiger partial charge is 0.404 e. The molecule has 2 N–H and O–H groups in total. The molecule has 3 rings (SSSR count). The number of nitrogens with two attached hydrogens (primary N) is 1. The number of hydrogen-bond donors (Lipinski definition) is 1. The van der Waals surface area contributed by atoms with Gasteiger partial charge < -0.3 is 10.2 Å². The Morgan fingerprint density at radius 1 is 1.13 bits per heavy atom. The highest BCUT2D eigenvalue weighted by atomic mass is 32.2. The third-order valence-electron chi connectivity index (χ3n) is 3.94. The molecule has 0 radical (unpaired) electrons. The summed E-state index contributed by atoms with van der Waals surface area (Å²) in [5, 5.41) is 8.78. The van der Waals surface area contributed by atoms with Crippen molar-refractivity contribution in [2.24, 2.45) is 0 Å². The Bertz CT molecular complexity index is 1090. The van der Waals surface area contributed by atoms with Gasteiger partial charge in [-0.3, -0.25) is 4.98 Å². The zero-order valence-electron chi connectivity index (χ0n) is 14.8. The van der Waals surface area contributed by atoms with Crippen LogP contribution in [0.1, 0.15) is 22.9 Å². The minimum absolute atomic E-state index is 0.0675. The van der Waals surface area contributed by atoms with Gasteiger partial charge in [0.2, 0.25) is 0 Å². The van der Waals surface area contributed by atoms with Crippen LogP contribution in [0.2, 0.25) is 0 Å². The molecule has 0 bridgehead atoms. The van der Waals surface area contributed by atoms with E-state index < -0.39 is 23.8 Å². The first-order valence-electron chi connectivity index (χ1n) is 8.16. The Labute approximate surface area is 169 Å². The number of alkyl halides is 6. The highest BCUT2D eigenvalue weighted by Crippen LogP contribution is 2.48. The molecule has 6 nitrogen and oxygen atoms in total. The standard InChI is InChI=1S/C17H11F6N5OS/c18-16(19,20)14(17(21,22)23)11-7-29-12-6-26-8(3-10(11)12)1-2-30-15-27-9(5-24)4-13(25)28-15/h3-4,6-7,14H,1-2H2,(H2,25,27,28). The van der Waals surface area contributed by atoms with Crippen molar-refractivity contribution in [3.8, 4) is 6.07 Å². The summed E-state index contributed by atoms with van der Waals surface area (Å²) in [6.45, 7) is 0. The van der Waals surface area contributed by atoms with E-state index in [1.54, 1.807) is 0 Å². The monoisotopic (exact) mass is 447 g/mol.